The molecule has 0 saturated carbocycles. The van der Waals surface area contributed by atoms with Gasteiger partial charge in [0.25, 0.3) is 0 Å². The Bertz CT molecular complexity index is 506. The minimum Gasteiger partial charge on any atom is -0.272 e. The summed E-state index contributed by atoms with van der Waals surface area (Å²) in [6.45, 7) is 2.00. The van der Waals surface area contributed by atoms with E-state index < -0.39 is 0 Å². The molecule has 1 atom stereocenters. The fraction of sp³-hybridized carbons (Fsp3) is 0.429. The SMILES string of the molecule is Cc1cc(CC(CCc2cccnc2)NN)n(C)n1. The topological polar surface area (TPSA) is 68.8 Å². The molecule has 19 heavy (non-hydrogen) atoms. The van der Waals surface area contributed by atoms with E-state index in [2.05, 4.69) is 27.6 Å². The smallest absolute Gasteiger partial charge is 0.0596 e. The highest BCUT2D eigenvalue weighted by Crippen LogP contribution is 2.10. The van der Waals surface area contributed by atoms with Crippen molar-refractivity contribution >= 4 is 0 Å². The standard InChI is InChI=1S/C14H21N5/c1-11-8-14(19(2)18-11)9-13(17-15)6-5-12-4-3-7-16-10-12/h3-4,7-8,10,13,17H,5-6,9,15H2,1-2H3. The second-order valence-electron chi connectivity index (χ2n) is 4.87. The van der Waals surface area contributed by atoms with Crippen molar-refractivity contribution in [2.24, 2.45) is 12.9 Å². The largest absolute Gasteiger partial charge is 0.272 e. The average Bonchev–Trinajstić information content (AvgIpc) is 2.74. The van der Waals surface area contributed by atoms with Gasteiger partial charge in [0.1, 0.15) is 0 Å². The van der Waals surface area contributed by atoms with Crippen LogP contribution in [0.3, 0.4) is 0 Å². The van der Waals surface area contributed by atoms with Crippen molar-refractivity contribution in [2.45, 2.75) is 32.2 Å². The van der Waals surface area contributed by atoms with Gasteiger partial charge in [-0.05, 0) is 37.5 Å². The number of hydrogen-bond acceptors (Lipinski definition) is 4. The van der Waals surface area contributed by atoms with Gasteiger partial charge >= 0.3 is 0 Å². The number of hydrazine groups is 1. The van der Waals surface area contributed by atoms with Crippen LogP contribution >= 0.6 is 0 Å². The number of pyridine rings is 1. The Morgan fingerprint density at radius 3 is 2.89 bits per heavy atom. The third-order valence-corrected chi connectivity index (χ3v) is 3.29. The Morgan fingerprint density at radius 2 is 2.32 bits per heavy atom. The molecule has 5 nitrogen and oxygen atoms in total. The van der Waals surface area contributed by atoms with Crippen LogP contribution in [0, 0.1) is 6.92 Å². The molecule has 3 N–H and O–H groups in total. The van der Waals surface area contributed by atoms with E-state index in [9.17, 15) is 0 Å². The second-order valence-corrected chi connectivity index (χ2v) is 4.87. The number of nitrogens with zero attached hydrogens (tertiary/aromatic N) is 3. The summed E-state index contributed by atoms with van der Waals surface area (Å²) in [5.41, 5.74) is 6.38. The molecule has 102 valence electrons. The molecule has 0 saturated heterocycles. The summed E-state index contributed by atoms with van der Waals surface area (Å²) in [5.74, 6) is 5.65. The maximum Gasteiger partial charge on any atom is 0.0596 e. The molecule has 0 aromatic carbocycles. The molecule has 5 heteroatoms. The normalized spacial score (nSPS) is 12.6. The maximum atomic E-state index is 5.65. The van der Waals surface area contributed by atoms with E-state index in [1.807, 2.05) is 30.9 Å². The molecule has 0 fully saturated rings. The molecule has 2 heterocycles. The van der Waals surface area contributed by atoms with Crippen LogP contribution in [0.25, 0.3) is 0 Å². The van der Waals surface area contributed by atoms with Crippen LogP contribution < -0.4 is 11.3 Å². The van der Waals surface area contributed by atoms with Gasteiger partial charge in [0.05, 0.1) is 5.69 Å². The molecule has 0 radical (unpaired) electrons. The highest BCUT2D eigenvalue weighted by atomic mass is 15.3. The Labute approximate surface area is 113 Å². The summed E-state index contributed by atoms with van der Waals surface area (Å²) >= 11 is 0. The molecule has 0 spiro atoms. The lowest BCUT2D eigenvalue weighted by atomic mass is 10.0. The number of nitrogens with two attached hydrogens (primary N) is 1. The zero-order valence-electron chi connectivity index (χ0n) is 11.5. The van der Waals surface area contributed by atoms with E-state index in [4.69, 9.17) is 5.84 Å². The first kappa shape index (κ1) is 13.7. The third-order valence-electron chi connectivity index (χ3n) is 3.29. The Kier molecular flexibility index (Phi) is 4.65. The van der Waals surface area contributed by atoms with Gasteiger partial charge in [-0.15, -0.1) is 0 Å². The second kappa shape index (κ2) is 6.45. The summed E-state index contributed by atoms with van der Waals surface area (Å²) < 4.78 is 1.92. The minimum absolute atomic E-state index is 0.245. The highest BCUT2D eigenvalue weighted by molar-refractivity contribution is 5.11. The molecule has 0 amide bonds. The molecule has 0 aliphatic carbocycles. The van der Waals surface area contributed by atoms with E-state index >= 15 is 0 Å². The van der Waals surface area contributed by atoms with Gasteiger partial charge in [-0.3, -0.25) is 20.9 Å². The molecule has 2 aromatic rings. The van der Waals surface area contributed by atoms with Gasteiger partial charge in [-0.25, -0.2) is 0 Å². The average molecular weight is 259 g/mol. The van der Waals surface area contributed by atoms with Crippen LogP contribution in [0.1, 0.15) is 23.4 Å². The Morgan fingerprint density at radius 1 is 1.47 bits per heavy atom. The molecule has 1 unspecified atom stereocenters. The van der Waals surface area contributed by atoms with E-state index in [0.717, 1.165) is 25.0 Å². The number of rotatable bonds is 6. The van der Waals surface area contributed by atoms with Crippen molar-refractivity contribution < 1.29 is 0 Å². The zero-order valence-corrected chi connectivity index (χ0v) is 11.5. The molecule has 0 bridgehead atoms. The van der Waals surface area contributed by atoms with Crippen molar-refractivity contribution in [3.8, 4) is 0 Å². The van der Waals surface area contributed by atoms with Crippen LogP contribution in [-0.2, 0) is 19.9 Å². The fourth-order valence-corrected chi connectivity index (χ4v) is 2.24. The van der Waals surface area contributed by atoms with Gasteiger partial charge in [0.2, 0.25) is 0 Å². The number of nitrogens with one attached hydrogen (secondary N) is 1. The lowest BCUT2D eigenvalue weighted by Crippen LogP contribution is -2.37. The van der Waals surface area contributed by atoms with E-state index in [1.165, 1.54) is 11.3 Å². The van der Waals surface area contributed by atoms with E-state index in [1.54, 1.807) is 6.20 Å². The zero-order chi connectivity index (χ0) is 13.7. The number of aryl methyl sites for hydroxylation is 3. The van der Waals surface area contributed by atoms with Crippen molar-refractivity contribution in [3.05, 3.63) is 47.5 Å². The van der Waals surface area contributed by atoms with Crippen LogP contribution in [0.15, 0.2) is 30.6 Å². The highest BCUT2D eigenvalue weighted by Gasteiger charge is 2.11. The molecule has 2 aromatic heterocycles. The summed E-state index contributed by atoms with van der Waals surface area (Å²) in [7, 11) is 1.97. The van der Waals surface area contributed by atoms with Crippen molar-refractivity contribution in [1.29, 1.82) is 0 Å². The number of aromatic nitrogens is 3. The van der Waals surface area contributed by atoms with Gasteiger partial charge < -0.3 is 0 Å². The Hall–Kier alpha value is -1.72. The van der Waals surface area contributed by atoms with Crippen LogP contribution in [0.5, 0.6) is 0 Å². The lowest BCUT2D eigenvalue weighted by molar-refractivity contribution is 0.477. The maximum absolute atomic E-state index is 5.65. The quantitative estimate of drug-likeness (QED) is 0.603. The summed E-state index contributed by atoms with van der Waals surface area (Å²) in [4.78, 5) is 4.12. The summed E-state index contributed by atoms with van der Waals surface area (Å²) in [6.07, 6.45) is 6.53. The van der Waals surface area contributed by atoms with Gasteiger partial charge in [0.15, 0.2) is 0 Å². The monoisotopic (exact) mass is 259 g/mol. The molecule has 2 rings (SSSR count). The number of hydrogen-bond donors (Lipinski definition) is 2. The first-order chi connectivity index (χ1) is 9.19. The van der Waals surface area contributed by atoms with E-state index in [0.29, 0.717) is 0 Å². The predicted octanol–water partition coefficient (Wildman–Crippen LogP) is 1.13. The van der Waals surface area contributed by atoms with Crippen molar-refractivity contribution in [3.63, 3.8) is 0 Å². The van der Waals surface area contributed by atoms with Gasteiger partial charge in [-0.2, -0.15) is 5.10 Å². The minimum atomic E-state index is 0.245. The summed E-state index contributed by atoms with van der Waals surface area (Å²) in [5, 5.41) is 4.35. The summed E-state index contributed by atoms with van der Waals surface area (Å²) in [6, 6.07) is 6.41. The fourth-order valence-electron chi connectivity index (χ4n) is 2.24. The molecular weight excluding hydrogens is 238 g/mol. The lowest BCUT2D eigenvalue weighted by Gasteiger charge is -2.15. The van der Waals surface area contributed by atoms with E-state index in [-0.39, 0.29) is 6.04 Å². The predicted molar refractivity (Wildman–Crippen MR) is 75.3 cm³/mol. The van der Waals surface area contributed by atoms with Gasteiger partial charge in [0, 0.05) is 37.6 Å². The third kappa shape index (κ3) is 3.87. The van der Waals surface area contributed by atoms with Crippen LogP contribution in [0.4, 0.5) is 0 Å². The Balaban J connectivity index is 1.92. The van der Waals surface area contributed by atoms with Crippen molar-refractivity contribution in [1.82, 2.24) is 20.2 Å². The first-order valence-electron chi connectivity index (χ1n) is 6.53. The molecule has 0 aliphatic heterocycles. The molecular formula is C14H21N5. The van der Waals surface area contributed by atoms with Crippen LogP contribution in [0.2, 0.25) is 0 Å². The first-order valence-corrected chi connectivity index (χ1v) is 6.53. The van der Waals surface area contributed by atoms with Crippen LogP contribution in [-0.4, -0.2) is 20.8 Å². The molecule has 0 aliphatic rings. The van der Waals surface area contributed by atoms with Gasteiger partial charge in [-0.1, -0.05) is 6.07 Å². The van der Waals surface area contributed by atoms with Crippen molar-refractivity contribution in [2.75, 3.05) is 0 Å².